The van der Waals surface area contributed by atoms with Gasteiger partial charge in [-0.15, -0.1) is 0 Å². The first-order valence-electron chi connectivity index (χ1n) is 4.86. The molecule has 0 atom stereocenters. The van der Waals surface area contributed by atoms with Gasteiger partial charge in [0.1, 0.15) is 5.75 Å². The van der Waals surface area contributed by atoms with Crippen molar-refractivity contribution in [2.45, 2.75) is 17.4 Å². The van der Waals surface area contributed by atoms with Gasteiger partial charge in [-0.3, -0.25) is 4.55 Å². The number of ether oxygens (including phenoxy) is 1. The van der Waals surface area contributed by atoms with E-state index in [1.165, 1.54) is 0 Å². The van der Waals surface area contributed by atoms with Gasteiger partial charge in [0, 0.05) is 6.42 Å². The fourth-order valence-corrected chi connectivity index (χ4v) is 2.13. The zero-order valence-corrected chi connectivity index (χ0v) is 11.2. The van der Waals surface area contributed by atoms with E-state index in [1.54, 1.807) is 24.3 Å². The van der Waals surface area contributed by atoms with Gasteiger partial charge in [-0.1, -0.05) is 41.4 Å². The lowest BCUT2D eigenvalue weighted by Gasteiger charge is -2.20. The third-order valence-corrected chi connectivity index (χ3v) is 3.22. The summed E-state index contributed by atoms with van der Waals surface area (Å²) < 4.78 is 33.3. The van der Waals surface area contributed by atoms with E-state index in [0.717, 1.165) is 0 Å². The Labute approximate surface area is 110 Å². The van der Waals surface area contributed by atoms with Crippen LogP contribution < -0.4 is 4.74 Å². The number of alkyl halides is 2. The number of para-hydroxylation sites is 1. The first kappa shape index (κ1) is 14.6. The van der Waals surface area contributed by atoms with Gasteiger partial charge in [0.25, 0.3) is 14.6 Å². The van der Waals surface area contributed by atoms with E-state index in [4.69, 9.17) is 32.5 Å². The Morgan fingerprint density at radius 1 is 1.24 bits per heavy atom. The van der Waals surface area contributed by atoms with E-state index in [2.05, 4.69) is 0 Å². The van der Waals surface area contributed by atoms with E-state index in [1.807, 2.05) is 6.07 Å². The molecule has 7 heteroatoms. The van der Waals surface area contributed by atoms with Gasteiger partial charge in [0.05, 0.1) is 5.75 Å². The van der Waals surface area contributed by atoms with Crippen molar-refractivity contribution < 1.29 is 17.7 Å². The molecule has 0 fully saturated rings. The molecule has 0 unspecified atom stereocenters. The third kappa shape index (κ3) is 6.73. The van der Waals surface area contributed by atoms with Crippen LogP contribution in [-0.2, 0) is 10.1 Å². The minimum absolute atomic E-state index is 0.0881. The molecule has 1 aromatic carbocycles. The Morgan fingerprint density at radius 2 is 1.82 bits per heavy atom. The fourth-order valence-electron chi connectivity index (χ4n) is 1.17. The second kappa shape index (κ2) is 5.91. The van der Waals surface area contributed by atoms with Gasteiger partial charge in [-0.05, 0) is 18.6 Å². The summed E-state index contributed by atoms with van der Waals surface area (Å²) in [5, 5.41) is 0. The minimum Gasteiger partial charge on any atom is -0.458 e. The smallest absolute Gasteiger partial charge is 0.264 e. The number of rotatable bonds is 6. The Bertz CT molecular complexity index is 445. The van der Waals surface area contributed by atoms with Gasteiger partial charge in [-0.2, -0.15) is 8.42 Å². The number of benzene rings is 1. The average Bonchev–Trinajstić information content (AvgIpc) is 2.15. The molecule has 0 heterocycles. The molecule has 0 saturated carbocycles. The van der Waals surface area contributed by atoms with Crippen LogP contribution in [0.2, 0.25) is 0 Å². The minimum atomic E-state index is -3.99. The molecule has 4 nitrogen and oxygen atoms in total. The Hall–Kier alpha value is -0.490. The molecule has 96 valence electrons. The van der Waals surface area contributed by atoms with E-state index >= 15 is 0 Å². The van der Waals surface area contributed by atoms with Crippen molar-refractivity contribution >= 4 is 33.3 Å². The van der Waals surface area contributed by atoms with Crippen molar-refractivity contribution in [2.24, 2.45) is 0 Å². The van der Waals surface area contributed by atoms with Crippen molar-refractivity contribution in [3.05, 3.63) is 30.3 Å². The second-order valence-corrected chi connectivity index (χ2v) is 6.43. The molecule has 17 heavy (non-hydrogen) atoms. The molecule has 0 radical (unpaired) electrons. The van der Waals surface area contributed by atoms with E-state index < -0.39 is 20.4 Å². The van der Waals surface area contributed by atoms with Crippen LogP contribution in [0.5, 0.6) is 5.75 Å². The van der Waals surface area contributed by atoms with E-state index in [0.29, 0.717) is 5.75 Å². The van der Waals surface area contributed by atoms with Crippen molar-refractivity contribution in [3.8, 4) is 5.75 Å². The van der Waals surface area contributed by atoms with Gasteiger partial charge >= 0.3 is 0 Å². The van der Waals surface area contributed by atoms with Crippen LogP contribution in [0, 0.1) is 0 Å². The molecule has 1 N–H and O–H groups in total. The van der Waals surface area contributed by atoms with Gasteiger partial charge in [0.15, 0.2) is 0 Å². The lowest BCUT2D eigenvalue weighted by atomic mass is 10.3. The summed E-state index contributed by atoms with van der Waals surface area (Å²) in [6.45, 7) is 0. The SMILES string of the molecule is O=S(=O)(O)CCCC(Cl)(Cl)Oc1ccccc1. The van der Waals surface area contributed by atoms with Crippen LogP contribution in [0.1, 0.15) is 12.8 Å². The standard InChI is InChI=1S/C10H12Cl2O4S/c11-10(12,7-4-8-17(13,14)15)16-9-5-2-1-3-6-9/h1-3,5-6H,4,7-8H2,(H,13,14,15). The summed E-state index contributed by atoms with van der Waals surface area (Å²) >= 11 is 11.7. The highest BCUT2D eigenvalue weighted by Gasteiger charge is 2.26. The van der Waals surface area contributed by atoms with Gasteiger partial charge in [0.2, 0.25) is 0 Å². The first-order valence-corrected chi connectivity index (χ1v) is 7.22. The quantitative estimate of drug-likeness (QED) is 0.648. The van der Waals surface area contributed by atoms with Gasteiger partial charge < -0.3 is 4.74 Å². The number of halogens is 2. The van der Waals surface area contributed by atoms with Gasteiger partial charge in [-0.25, -0.2) is 0 Å². The predicted molar refractivity (Wildman–Crippen MR) is 67.2 cm³/mol. The van der Waals surface area contributed by atoms with Crippen LogP contribution in [0.15, 0.2) is 30.3 Å². The molecular formula is C10H12Cl2O4S. The zero-order valence-electron chi connectivity index (χ0n) is 8.84. The monoisotopic (exact) mass is 298 g/mol. The van der Waals surface area contributed by atoms with Crippen molar-refractivity contribution in [2.75, 3.05) is 5.75 Å². The summed E-state index contributed by atoms with van der Waals surface area (Å²) in [4.78, 5) is 0. The Morgan fingerprint density at radius 3 is 2.35 bits per heavy atom. The zero-order chi connectivity index (χ0) is 12.9. The molecule has 0 saturated heterocycles. The summed E-state index contributed by atoms with van der Waals surface area (Å²) in [7, 11) is -3.99. The summed E-state index contributed by atoms with van der Waals surface area (Å²) in [6, 6.07) is 8.70. The van der Waals surface area contributed by atoms with E-state index in [-0.39, 0.29) is 12.8 Å². The molecular weight excluding hydrogens is 287 g/mol. The molecule has 0 aromatic heterocycles. The summed E-state index contributed by atoms with van der Waals surface area (Å²) in [5.74, 6) is 0.0937. The first-order chi connectivity index (χ1) is 7.79. The highest BCUT2D eigenvalue weighted by Crippen LogP contribution is 2.30. The highest BCUT2D eigenvalue weighted by atomic mass is 35.5. The topological polar surface area (TPSA) is 63.6 Å². The highest BCUT2D eigenvalue weighted by molar-refractivity contribution is 7.85. The van der Waals surface area contributed by atoms with Crippen LogP contribution >= 0.6 is 23.2 Å². The molecule has 1 aromatic rings. The normalized spacial score (nSPS) is 12.4. The molecule has 0 spiro atoms. The molecule has 0 aliphatic heterocycles. The maximum atomic E-state index is 10.5. The number of hydrogen-bond donors (Lipinski definition) is 1. The molecule has 0 aliphatic rings. The summed E-state index contributed by atoms with van der Waals surface area (Å²) in [6.07, 6.45) is 0.198. The third-order valence-electron chi connectivity index (χ3n) is 1.88. The lowest BCUT2D eigenvalue weighted by Crippen LogP contribution is -2.22. The van der Waals surface area contributed by atoms with Crippen LogP contribution in [0.4, 0.5) is 0 Å². The largest absolute Gasteiger partial charge is 0.458 e. The molecule has 0 aliphatic carbocycles. The molecule has 0 bridgehead atoms. The number of hydrogen-bond acceptors (Lipinski definition) is 3. The maximum absolute atomic E-state index is 10.5. The Kier molecular flexibility index (Phi) is 5.06. The maximum Gasteiger partial charge on any atom is 0.264 e. The predicted octanol–water partition coefficient (Wildman–Crippen LogP) is 2.86. The van der Waals surface area contributed by atoms with E-state index in [9.17, 15) is 8.42 Å². The lowest BCUT2D eigenvalue weighted by molar-refractivity contribution is 0.229. The van der Waals surface area contributed by atoms with Crippen LogP contribution in [0.3, 0.4) is 0 Å². The van der Waals surface area contributed by atoms with Crippen LogP contribution in [0.25, 0.3) is 0 Å². The second-order valence-electron chi connectivity index (χ2n) is 3.44. The van der Waals surface area contributed by atoms with Crippen molar-refractivity contribution in [1.82, 2.24) is 0 Å². The fraction of sp³-hybridized carbons (Fsp3) is 0.400. The van der Waals surface area contributed by atoms with Crippen molar-refractivity contribution in [3.63, 3.8) is 0 Å². The van der Waals surface area contributed by atoms with Crippen LogP contribution in [-0.4, -0.2) is 23.2 Å². The summed E-state index contributed by atoms with van der Waals surface area (Å²) in [5.41, 5.74) is 0. The Balaban J connectivity index is 2.46. The van der Waals surface area contributed by atoms with Crippen molar-refractivity contribution in [1.29, 1.82) is 0 Å². The average molecular weight is 299 g/mol. The molecule has 1 rings (SSSR count). The molecule has 0 amide bonds.